The van der Waals surface area contributed by atoms with Gasteiger partial charge in [-0.05, 0) is 25.1 Å². The molecule has 2 atom stereocenters. The summed E-state index contributed by atoms with van der Waals surface area (Å²) in [5.74, 6) is 1.22. The maximum Gasteiger partial charge on any atom is 0.243 e. The minimum absolute atomic E-state index is 0.000779. The van der Waals surface area contributed by atoms with Gasteiger partial charge in [0.15, 0.2) is 5.82 Å². The largest absolute Gasteiger partial charge is 0.384 e. The topological polar surface area (TPSA) is 88.2 Å². The number of aromatic amines is 1. The summed E-state index contributed by atoms with van der Waals surface area (Å²) in [4.78, 5) is 4.56. The molecule has 3 rings (SSSR count). The van der Waals surface area contributed by atoms with Crippen molar-refractivity contribution in [2.45, 2.75) is 17.7 Å². The average molecular weight is 371 g/mol. The van der Waals surface area contributed by atoms with Crippen LogP contribution < -0.4 is 0 Å². The molecule has 2 heterocycles. The van der Waals surface area contributed by atoms with Gasteiger partial charge in [-0.3, -0.25) is 5.10 Å². The number of nitrogens with one attached hydrogen (secondary N) is 1. The summed E-state index contributed by atoms with van der Waals surface area (Å²) >= 11 is 5.94. The number of benzene rings is 1. The van der Waals surface area contributed by atoms with Crippen LogP contribution >= 0.6 is 11.6 Å². The van der Waals surface area contributed by atoms with Crippen molar-refractivity contribution in [3.05, 3.63) is 40.9 Å². The van der Waals surface area contributed by atoms with Crippen LogP contribution in [0.3, 0.4) is 0 Å². The number of ether oxygens (including phenoxy) is 1. The zero-order chi connectivity index (χ0) is 17.3. The Morgan fingerprint density at radius 1 is 1.42 bits per heavy atom. The van der Waals surface area contributed by atoms with Gasteiger partial charge >= 0.3 is 0 Å². The van der Waals surface area contributed by atoms with Gasteiger partial charge in [0.1, 0.15) is 5.82 Å². The summed E-state index contributed by atoms with van der Waals surface area (Å²) in [6.45, 7) is 2.94. The summed E-state index contributed by atoms with van der Waals surface area (Å²) < 4.78 is 32.5. The summed E-state index contributed by atoms with van der Waals surface area (Å²) in [5, 5.41) is 7.41. The molecule has 0 unspecified atom stereocenters. The van der Waals surface area contributed by atoms with Crippen LogP contribution in [-0.2, 0) is 14.8 Å². The van der Waals surface area contributed by atoms with Crippen molar-refractivity contribution in [3.63, 3.8) is 0 Å². The third-order valence-electron chi connectivity index (χ3n) is 4.17. The van der Waals surface area contributed by atoms with Gasteiger partial charge in [0.25, 0.3) is 0 Å². The van der Waals surface area contributed by atoms with E-state index >= 15 is 0 Å². The van der Waals surface area contributed by atoms with Crippen molar-refractivity contribution in [1.29, 1.82) is 0 Å². The Morgan fingerprint density at radius 2 is 2.21 bits per heavy atom. The van der Waals surface area contributed by atoms with Gasteiger partial charge in [-0.1, -0.05) is 17.7 Å². The van der Waals surface area contributed by atoms with E-state index in [1.165, 1.54) is 10.4 Å². The van der Waals surface area contributed by atoms with Gasteiger partial charge in [-0.25, -0.2) is 13.4 Å². The van der Waals surface area contributed by atoms with E-state index in [4.69, 9.17) is 16.3 Å². The minimum atomic E-state index is -3.62. The van der Waals surface area contributed by atoms with Crippen LogP contribution in [0.25, 0.3) is 0 Å². The monoisotopic (exact) mass is 370 g/mol. The Labute approximate surface area is 146 Å². The molecule has 0 amide bonds. The lowest BCUT2D eigenvalue weighted by Gasteiger charge is -2.16. The van der Waals surface area contributed by atoms with E-state index in [2.05, 4.69) is 15.2 Å². The highest BCUT2D eigenvalue weighted by Gasteiger charge is 2.41. The molecule has 1 fully saturated rings. The van der Waals surface area contributed by atoms with E-state index in [9.17, 15) is 8.42 Å². The quantitative estimate of drug-likeness (QED) is 0.867. The van der Waals surface area contributed by atoms with Crippen molar-refractivity contribution in [3.8, 4) is 0 Å². The molecule has 2 aromatic rings. The minimum Gasteiger partial charge on any atom is -0.384 e. The third kappa shape index (κ3) is 3.32. The van der Waals surface area contributed by atoms with E-state index < -0.39 is 10.0 Å². The smallest absolute Gasteiger partial charge is 0.243 e. The molecule has 0 bridgehead atoms. The van der Waals surface area contributed by atoms with Gasteiger partial charge in [0, 0.05) is 37.1 Å². The van der Waals surface area contributed by atoms with Gasteiger partial charge in [0.2, 0.25) is 10.0 Å². The normalized spacial score (nSPS) is 22.1. The van der Waals surface area contributed by atoms with Crippen LogP contribution in [0.4, 0.5) is 0 Å². The molecular formula is C15H19ClN4O3S. The second kappa shape index (κ2) is 6.79. The number of hydrogen-bond donors (Lipinski definition) is 1. The summed E-state index contributed by atoms with van der Waals surface area (Å²) in [6.07, 6.45) is 0. The lowest BCUT2D eigenvalue weighted by atomic mass is 9.96. The molecule has 0 saturated carbocycles. The molecule has 1 saturated heterocycles. The first-order valence-corrected chi connectivity index (χ1v) is 9.37. The lowest BCUT2D eigenvalue weighted by Crippen LogP contribution is -2.29. The number of aromatic nitrogens is 3. The number of methoxy groups -OCH3 is 1. The molecule has 7 nitrogen and oxygen atoms in total. The molecule has 9 heteroatoms. The van der Waals surface area contributed by atoms with Crippen LogP contribution in [0, 0.1) is 12.8 Å². The molecule has 0 radical (unpaired) electrons. The van der Waals surface area contributed by atoms with E-state index in [-0.39, 0.29) is 16.7 Å². The Balaban J connectivity index is 1.89. The highest BCUT2D eigenvalue weighted by atomic mass is 35.5. The molecule has 0 spiro atoms. The Morgan fingerprint density at radius 3 is 2.83 bits per heavy atom. The van der Waals surface area contributed by atoms with Crippen molar-refractivity contribution in [1.82, 2.24) is 19.5 Å². The molecule has 0 aliphatic carbocycles. The summed E-state index contributed by atoms with van der Waals surface area (Å²) in [7, 11) is -2.01. The van der Waals surface area contributed by atoms with Crippen molar-refractivity contribution >= 4 is 21.6 Å². The molecule has 130 valence electrons. The summed E-state index contributed by atoms with van der Waals surface area (Å²) in [5.41, 5.74) is 0. The number of aryl methyl sites for hydroxylation is 1. The average Bonchev–Trinajstić information content (AvgIpc) is 3.14. The first-order chi connectivity index (χ1) is 11.4. The van der Waals surface area contributed by atoms with E-state index in [1.807, 2.05) is 6.92 Å². The summed E-state index contributed by atoms with van der Waals surface area (Å²) in [6, 6.07) is 6.30. The van der Waals surface area contributed by atoms with Crippen LogP contribution in [-0.4, -0.2) is 54.7 Å². The second-order valence-electron chi connectivity index (χ2n) is 5.88. The standard InChI is InChI=1S/C15H19ClN4O3S/c1-10-17-15(19-18-10)14-8-20(7-11(14)9-23-2)24(21,22)13-5-3-4-12(16)6-13/h3-6,11,14H,7-9H2,1-2H3,(H,17,18,19)/t11-,14+/m0/s1. The van der Waals surface area contributed by atoms with Crippen LogP contribution in [0.1, 0.15) is 17.6 Å². The molecule has 1 N–H and O–H groups in total. The van der Waals surface area contributed by atoms with Crippen molar-refractivity contribution in [2.24, 2.45) is 5.92 Å². The zero-order valence-corrected chi connectivity index (χ0v) is 15.0. The van der Waals surface area contributed by atoms with Gasteiger partial charge in [-0.15, -0.1) is 0 Å². The van der Waals surface area contributed by atoms with E-state index in [0.29, 0.717) is 36.4 Å². The van der Waals surface area contributed by atoms with Crippen molar-refractivity contribution < 1.29 is 13.2 Å². The fraction of sp³-hybridized carbons (Fsp3) is 0.467. The first kappa shape index (κ1) is 17.3. The molecule has 1 aliphatic rings. The molecule has 1 aromatic heterocycles. The Bertz CT molecular complexity index is 824. The number of H-pyrrole nitrogens is 1. The number of halogens is 1. The predicted octanol–water partition coefficient (Wildman–Crippen LogP) is 1.82. The van der Waals surface area contributed by atoms with Crippen molar-refractivity contribution in [2.75, 3.05) is 26.8 Å². The molecule has 1 aromatic carbocycles. The van der Waals surface area contributed by atoms with Gasteiger partial charge in [0.05, 0.1) is 11.5 Å². The zero-order valence-electron chi connectivity index (χ0n) is 13.4. The van der Waals surface area contributed by atoms with Gasteiger partial charge in [-0.2, -0.15) is 9.40 Å². The highest BCUT2D eigenvalue weighted by Crippen LogP contribution is 2.34. The SMILES string of the molecule is COC[C@@H]1CN(S(=O)(=O)c2cccc(Cl)c2)C[C@H]1c1n[nH]c(C)n1. The van der Waals surface area contributed by atoms with Crippen LogP contribution in [0.15, 0.2) is 29.2 Å². The van der Waals surface area contributed by atoms with Crippen LogP contribution in [0.2, 0.25) is 5.02 Å². The van der Waals surface area contributed by atoms with Crippen LogP contribution in [0.5, 0.6) is 0 Å². The maximum absolute atomic E-state index is 12.9. The lowest BCUT2D eigenvalue weighted by molar-refractivity contribution is 0.150. The fourth-order valence-corrected chi connectivity index (χ4v) is 4.83. The molecule has 1 aliphatic heterocycles. The van der Waals surface area contributed by atoms with E-state index in [1.54, 1.807) is 25.3 Å². The fourth-order valence-electron chi connectivity index (χ4n) is 3.01. The first-order valence-electron chi connectivity index (χ1n) is 7.55. The Hall–Kier alpha value is -1.48. The number of rotatable bonds is 5. The number of hydrogen-bond acceptors (Lipinski definition) is 5. The number of nitrogens with zero attached hydrogens (tertiary/aromatic N) is 3. The number of sulfonamides is 1. The third-order valence-corrected chi connectivity index (χ3v) is 6.23. The van der Waals surface area contributed by atoms with E-state index in [0.717, 1.165) is 0 Å². The second-order valence-corrected chi connectivity index (χ2v) is 8.25. The van der Waals surface area contributed by atoms with Gasteiger partial charge < -0.3 is 4.74 Å². The molecular weight excluding hydrogens is 352 g/mol. The highest BCUT2D eigenvalue weighted by molar-refractivity contribution is 7.89. The maximum atomic E-state index is 12.9. The molecule has 24 heavy (non-hydrogen) atoms. The Kier molecular flexibility index (Phi) is 4.91. The predicted molar refractivity (Wildman–Crippen MR) is 89.4 cm³/mol.